The van der Waals surface area contributed by atoms with Crippen LogP contribution < -0.4 is 16.2 Å². The van der Waals surface area contributed by atoms with Gasteiger partial charge in [0.15, 0.2) is 0 Å². The number of nitro benzene ring substituents is 1. The van der Waals surface area contributed by atoms with Gasteiger partial charge in [0.25, 0.3) is 11.2 Å². The fraction of sp³-hybridized carbons (Fsp3) is 0.267. The molecule has 1 aromatic heterocycles. The third-order valence-electron chi connectivity index (χ3n) is 3.24. The molecule has 0 aliphatic rings. The first-order chi connectivity index (χ1) is 11.9. The smallest absolute Gasteiger partial charge is 0.292 e. The summed E-state index contributed by atoms with van der Waals surface area (Å²) in [7, 11) is 0. The maximum atomic E-state index is 12.3. The molecule has 9 nitrogen and oxygen atoms in total. The lowest BCUT2D eigenvalue weighted by molar-refractivity contribution is -0.384. The number of halogens is 1. The maximum Gasteiger partial charge on any atom is 0.292 e. The van der Waals surface area contributed by atoms with Crippen molar-refractivity contribution in [2.24, 2.45) is 0 Å². The minimum absolute atomic E-state index is 0.0393. The molecule has 0 atom stereocenters. The Labute approximate surface area is 147 Å². The van der Waals surface area contributed by atoms with E-state index in [9.17, 15) is 19.7 Å². The van der Waals surface area contributed by atoms with Crippen molar-refractivity contribution in [2.75, 3.05) is 18.4 Å². The summed E-state index contributed by atoms with van der Waals surface area (Å²) in [6, 6.07) is 5.32. The molecule has 1 aromatic carbocycles. The highest BCUT2D eigenvalue weighted by atomic mass is 35.5. The van der Waals surface area contributed by atoms with Gasteiger partial charge in [0.05, 0.1) is 29.0 Å². The number of nitro groups is 1. The van der Waals surface area contributed by atoms with Crippen LogP contribution in [0.15, 0.2) is 35.3 Å². The molecule has 1 amide bonds. The van der Waals surface area contributed by atoms with E-state index >= 15 is 0 Å². The minimum atomic E-state index is -0.602. The molecule has 0 saturated heterocycles. The summed E-state index contributed by atoms with van der Waals surface area (Å²) in [4.78, 5) is 34.0. The highest BCUT2D eigenvalue weighted by Crippen LogP contribution is 2.18. The highest BCUT2D eigenvalue weighted by Gasteiger charge is 2.12. The van der Waals surface area contributed by atoms with Crippen molar-refractivity contribution in [1.82, 2.24) is 15.1 Å². The zero-order chi connectivity index (χ0) is 18.4. The van der Waals surface area contributed by atoms with Gasteiger partial charge in [-0.2, -0.15) is 9.78 Å². The second-order valence-corrected chi connectivity index (χ2v) is 5.44. The zero-order valence-electron chi connectivity index (χ0n) is 13.4. The summed E-state index contributed by atoms with van der Waals surface area (Å²) in [6.07, 6.45) is 2.14. The van der Waals surface area contributed by atoms with Crippen molar-refractivity contribution < 1.29 is 9.72 Å². The van der Waals surface area contributed by atoms with Crippen LogP contribution in [-0.2, 0) is 4.79 Å². The van der Waals surface area contributed by atoms with E-state index in [0.29, 0.717) is 12.2 Å². The molecule has 1 heterocycles. The number of rotatable bonds is 7. The van der Waals surface area contributed by atoms with Crippen LogP contribution in [0, 0.1) is 10.1 Å². The summed E-state index contributed by atoms with van der Waals surface area (Å²) in [5.74, 6) is -0.225. The van der Waals surface area contributed by atoms with Crippen molar-refractivity contribution >= 4 is 28.9 Å². The van der Waals surface area contributed by atoms with E-state index in [1.54, 1.807) is 0 Å². The first kappa shape index (κ1) is 18.4. The first-order valence-corrected chi connectivity index (χ1v) is 7.85. The number of carbonyl (C=O) groups excluding carboxylic acids is 1. The van der Waals surface area contributed by atoms with Crippen molar-refractivity contribution in [3.63, 3.8) is 0 Å². The number of anilines is 1. The summed E-state index contributed by atoms with van der Waals surface area (Å²) >= 11 is 6.04. The Kier molecular flexibility index (Phi) is 6.07. The number of non-ortho nitro benzene ring substituents is 1. The number of carbonyl (C=O) groups is 1. The van der Waals surface area contributed by atoms with Crippen molar-refractivity contribution in [3.8, 4) is 5.69 Å². The monoisotopic (exact) mass is 365 g/mol. The Morgan fingerprint density at radius 1 is 1.36 bits per heavy atom. The van der Waals surface area contributed by atoms with Gasteiger partial charge in [0, 0.05) is 18.7 Å². The van der Waals surface area contributed by atoms with Crippen LogP contribution in [-0.4, -0.2) is 33.7 Å². The Morgan fingerprint density at radius 3 is 2.64 bits per heavy atom. The fourth-order valence-corrected chi connectivity index (χ4v) is 2.15. The van der Waals surface area contributed by atoms with E-state index in [-0.39, 0.29) is 28.8 Å². The second-order valence-electron chi connectivity index (χ2n) is 5.07. The molecule has 0 saturated carbocycles. The molecule has 132 valence electrons. The molecule has 10 heteroatoms. The van der Waals surface area contributed by atoms with Gasteiger partial charge >= 0.3 is 0 Å². The number of amides is 1. The molecule has 0 radical (unpaired) electrons. The number of nitrogens with one attached hydrogen (secondary N) is 2. The van der Waals surface area contributed by atoms with Crippen LogP contribution in [0.5, 0.6) is 0 Å². The molecule has 0 aliphatic carbocycles. The van der Waals surface area contributed by atoms with Crippen LogP contribution in [0.25, 0.3) is 5.69 Å². The van der Waals surface area contributed by atoms with Gasteiger partial charge < -0.3 is 10.6 Å². The molecular formula is C15H16ClN5O4. The van der Waals surface area contributed by atoms with E-state index in [0.717, 1.165) is 11.1 Å². The predicted octanol–water partition coefficient (Wildman–Crippen LogP) is 1.73. The van der Waals surface area contributed by atoms with Gasteiger partial charge in [-0.3, -0.25) is 19.7 Å². The average molecular weight is 366 g/mol. The maximum absolute atomic E-state index is 12.3. The summed E-state index contributed by atoms with van der Waals surface area (Å²) in [5.41, 5.74) is -0.130. The van der Waals surface area contributed by atoms with Gasteiger partial charge in [-0.1, -0.05) is 18.5 Å². The molecule has 0 fully saturated rings. The Bertz CT molecular complexity index is 835. The molecule has 0 bridgehead atoms. The van der Waals surface area contributed by atoms with E-state index in [1.807, 2.05) is 6.92 Å². The Morgan fingerprint density at radius 2 is 2.04 bits per heavy atom. The van der Waals surface area contributed by atoms with E-state index < -0.39 is 10.5 Å². The van der Waals surface area contributed by atoms with Crippen LogP contribution >= 0.6 is 11.6 Å². The van der Waals surface area contributed by atoms with Crippen LogP contribution in [0.4, 0.5) is 11.4 Å². The Balaban J connectivity index is 2.18. The van der Waals surface area contributed by atoms with E-state index in [2.05, 4.69) is 15.7 Å². The lowest BCUT2D eigenvalue weighted by atomic mass is 10.3. The summed E-state index contributed by atoms with van der Waals surface area (Å²) in [6.45, 7) is 2.46. The van der Waals surface area contributed by atoms with Gasteiger partial charge in [0.2, 0.25) is 5.91 Å². The third-order valence-corrected chi connectivity index (χ3v) is 3.60. The fourth-order valence-electron chi connectivity index (χ4n) is 1.96. The molecule has 2 aromatic rings. The van der Waals surface area contributed by atoms with Gasteiger partial charge in [-0.25, -0.2) is 0 Å². The predicted molar refractivity (Wildman–Crippen MR) is 93.3 cm³/mol. The third kappa shape index (κ3) is 4.54. The standard InChI is InChI=1S/C15H16ClN5O4/c1-2-7-17-13(22)9-18-12-8-19-20(15(23)14(12)16)10-3-5-11(6-4-10)21(24)25/h3-6,8,18H,2,7,9H2,1H3,(H,17,22). The van der Waals surface area contributed by atoms with E-state index in [1.165, 1.54) is 30.5 Å². The van der Waals surface area contributed by atoms with Gasteiger partial charge in [0.1, 0.15) is 5.02 Å². The largest absolute Gasteiger partial charge is 0.373 e. The molecule has 2 rings (SSSR count). The quantitative estimate of drug-likeness (QED) is 0.569. The van der Waals surface area contributed by atoms with E-state index in [4.69, 9.17) is 11.6 Å². The normalized spacial score (nSPS) is 10.3. The van der Waals surface area contributed by atoms with Gasteiger partial charge in [-0.15, -0.1) is 0 Å². The van der Waals surface area contributed by atoms with Gasteiger partial charge in [-0.05, 0) is 18.6 Å². The average Bonchev–Trinajstić information content (AvgIpc) is 2.61. The second kappa shape index (κ2) is 8.25. The number of hydrogen-bond donors (Lipinski definition) is 2. The van der Waals surface area contributed by atoms with Crippen LogP contribution in [0.3, 0.4) is 0 Å². The molecule has 0 unspecified atom stereocenters. The summed E-state index contributed by atoms with van der Waals surface area (Å²) < 4.78 is 1.02. The number of hydrogen-bond acceptors (Lipinski definition) is 6. The van der Waals surface area contributed by atoms with Crippen molar-refractivity contribution in [1.29, 1.82) is 0 Å². The number of benzene rings is 1. The highest BCUT2D eigenvalue weighted by molar-refractivity contribution is 6.33. The molecular weight excluding hydrogens is 350 g/mol. The minimum Gasteiger partial charge on any atom is -0.373 e. The van der Waals surface area contributed by atoms with Crippen molar-refractivity contribution in [2.45, 2.75) is 13.3 Å². The van der Waals surface area contributed by atoms with Crippen LogP contribution in [0.2, 0.25) is 5.02 Å². The lowest BCUT2D eigenvalue weighted by Crippen LogP contribution is -2.31. The Hall–Kier alpha value is -2.94. The molecule has 2 N–H and O–H groups in total. The summed E-state index contributed by atoms with van der Waals surface area (Å²) in [5, 5.41) is 20.0. The molecule has 25 heavy (non-hydrogen) atoms. The molecule has 0 aliphatic heterocycles. The molecule has 0 spiro atoms. The first-order valence-electron chi connectivity index (χ1n) is 7.47. The number of aromatic nitrogens is 2. The number of nitrogens with zero attached hydrogens (tertiary/aromatic N) is 3. The zero-order valence-corrected chi connectivity index (χ0v) is 14.1. The van der Waals surface area contributed by atoms with Crippen LogP contribution in [0.1, 0.15) is 13.3 Å². The topological polar surface area (TPSA) is 119 Å². The lowest BCUT2D eigenvalue weighted by Gasteiger charge is -2.10. The SMILES string of the molecule is CCCNC(=O)CNc1cnn(-c2ccc([N+](=O)[O-])cc2)c(=O)c1Cl. The van der Waals surface area contributed by atoms with Crippen molar-refractivity contribution in [3.05, 3.63) is 56.0 Å².